The Balaban J connectivity index is 1.42. The molecular weight excluding hydrogens is 386 g/mol. The zero-order chi connectivity index (χ0) is 21.0. The molecule has 2 aromatic heterocycles. The van der Waals surface area contributed by atoms with Gasteiger partial charge in [0.25, 0.3) is 5.91 Å². The van der Waals surface area contributed by atoms with E-state index in [1.807, 2.05) is 71.5 Å². The van der Waals surface area contributed by atoms with Crippen LogP contribution in [0.4, 0.5) is 0 Å². The molecule has 2 heterocycles. The Kier molecular flexibility index (Phi) is 5.02. The summed E-state index contributed by atoms with van der Waals surface area (Å²) >= 11 is 0. The van der Waals surface area contributed by atoms with E-state index in [0.29, 0.717) is 18.7 Å². The molecule has 5 aromatic rings. The van der Waals surface area contributed by atoms with Crippen LogP contribution < -0.4 is 5.32 Å². The number of hydrogen-bond donors (Lipinski definition) is 2. The number of fused-ring (bicyclic) bond motifs is 1. The van der Waals surface area contributed by atoms with Crippen LogP contribution in [0.15, 0.2) is 91.3 Å². The Hall–Kier alpha value is -4.19. The Morgan fingerprint density at radius 2 is 1.71 bits per heavy atom. The Morgan fingerprint density at radius 1 is 0.935 bits per heavy atom. The van der Waals surface area contributed by atoms with Crippen molar-refractivity contribution < 1.29 is 4.79 Å². The van der Waals surface area contributed by atoms with Crippen molar-refractivity contribution in [2.75, 3.05) is 0 Å². The first-order chi connectivity index (χ1) is 15.3. The van der Waals surface area contributed by atoms with Crippen LogP contribution in [0.3, 0.4) is 0 Å². The number of nitrogens with one attached hydrogen (secondary N) is 2. The van der Waals surface area contributed by atoms with E-state index in [0.717, 1.165) is 27.7 Å². The van der Waals surface area contributed by atoms with Gasteiger partial charge in [0.2, 0.25) is 0 Å². The number of aromatic nitrogens is 4. The molecule has 152 valence electrons. The Bertz CT molecular complexity index is 1320. The van der Waals surface area contributed by atoms with Crippen LogP contribution in [0, 0.1) is 0 Å². The van der Waals surface area contributed by atoms with Crippen LogP contribution in [0.25, 0.3) is 22.2 Å². The zero-order valence-electron chi connectivity index (χ0n) is 16.8. The van der Waals surface area contributed by atoms with Crippen LogP contribution >= 0.6 is 0 Å². The van der Waals surface area contributed by atoms with Gasteiger partial charge < -0.3 is 5.32 Å². The van der Waals surface area contributed by atoms with Crippen molar-refractivity contribution in [3.63, 3.8) is 0 Å². The molecule has 1 amide bonds. The predicted octanol–water partition coefficient (Wildman–Crippen LogP) is 4.40. The lowest BCUT2D eigenvalue weighted by Crippen LogP contribution is -2.23. The van der Waals surface area contributed by atoms with Gasteiger partial charge in [-0.3, -0.25) is 14.6 Å². The molecule has 0 aliphatic heterocycles. The third kappa shape index (κ3) is 3.96. The van der Waals surface area contributed by atoms with Crippen LogP contribution in [0.2, 0.25) is 0 Å². The minimum atomic E-state index is -0.148. The van der Waals surface area contributed by atoms with E-state index in [2.05, 4.69) is 27.6 Å². The number of carbonyl (C=O) groups is 1. The van der Waals surface area contributed by atoms with Crippen molar-refractivity contribution in [1.29, 1.82) is 0 Å². The molecule has 0 radical (unpaired) electrons. The largest absolute Gasteiger partial charge is 0.348 e. The fourth-order valence-electron chi connectivity index (χ4n) is 3.71. The number of carbonyl (C=O) groups excluding carboxylic acids is 1. The molecule has 0 fully saturated rings. The first-order valence-electron chi connectivity index (χ1n) is 10.1. The second-order valence-electron chi connectivity index (χ2n) is 7.37. The Labute approximate surface area is 179 Å². The quantitative estimate of drug-likeness (QED) is 0.438. The third-order valence-corrected chi connectivity index (χ3v) is 5.23. The molecule has 0 aliphatic carbocycles. The molecule has 31 heavy (non-hydrogen) atoms. The summed E-state index contributed by atoms with van der Waals surface area (Å²) in [5, 5.41) is 15.7. The number of amides is 1. The van der Waals surface area contributed by atoms with Gasteiger partial charge >= 0.3 is 0 Å². The van der Waals surface area contributed by atoms with E-state index >= 15 is 0 Å². The minimum absolute atomic E-state index is 0.148. The minimum Gasteiger partial charge on any atom is -0.348 e. The standard InChI is InChI=1S/C25H21N5O/c31-25(22-13-7-12-20-15-27-28-24(20)22)26-14-21-17-30(16-18-8-3-1-4-9-18)29-23(21)19-10-5-2-6-11-19/h1-13,15,17H,14,16H2,(H,26,31)(H,27,28). The molecule has 0 unspecified atom stereocenters. The number of aromatic amines is 1. The van der Waals surface area contributed by atoms with Crippen LogP contribution in [-0.4, -0.2) is 25.9 Å². The van der Waals surface area contributed by atoms with Crippen LogP contribution in [0.1, 0.15) is 21.5 Å². The third-order valence-electron chi connectivity index (χ3n) is 5.23. The van der Waals surface area contributed by atoms with Gasteiger partial charge in [0.05, 0.1) is 29.5 Å². The van der Waals surface area contributed by atoms with E-state index < -0.39 is 0 Å². The number of nitrogens with zero attached hydrogens (tertiary/aromatic N) is 3. The van der Waals surface area contributed by atoms with Crippen molar-refractivity contribution in [3.8, 4) is 11.3 Å². The lowest BCUT2D eigenvalue weighted by Gasteiger charge is -2.06. The van der Waals surface area contributed by atoms with E-state index in [4.69, 9.17) is 5.10 Å². The van der Waals surface area contributed by atoms with E-state index in [1.54, 1.807) is 12.3 Å². The lowest BCUT2D eigenvalue weighted by atomic mass is 10.1. The van der Waals surface area contributed by atoms with Crippen molar-refractivity contribution in [1.82, 2.24) is 25.3 Å². The topological polar surface area (TPSA) is 75.6 Å². The lowest BCUT2D eigenvalue weighted by molar-refractivity contribution is 0.0952. The maximum absolute atomic E-state index is 12.9. The number of rotatable bonds is 6. The monoisotopic (exact) mass is 407 g/mol. The van der Waals surface area contributed by atoms with E-state index in [1.165, 1.54) is 5.56 Å². The normalized spacial score (nSPS) is 11.0. The van der Waals surface area contributed by atoms with Crippen molar-refractivity contribution in [3.05, 3.63) is 108 Å². The summed E-state index contributed by atoms with van der Waals surface area (Å²) in [4.78, 5) is 12.9. The van der Waals surface area contributed by atoms with Crippen LogP contribution in [-0.2, 0) is 13.1 Å². The number of benzene rings is 3. The van der Waals surface area contributed by atoms with Gasteiger partial charge in [-0.25, -0.2) is 0 Å². The molecule has 0 aliphatic rings. The molecule has 0 saturated carbocycles. The number of H-pyrrole nitrogens is 1. The van der Waals surface area contributed by atoms with Gasteiger partial charge in [-0.1, -0.05) is 72.8 Å². The van der Waals surface area contributed by atoms with Gasteiger partial charge in [-0.2, -0.15) is 10.2 Å². The maximum atomic E-state index is 12.9. The maximum Gasteiger partial charge on any atom is 0.253 e. The second-order valence-corrected chi connectivity index (χ2v) is 7.37. The van der Waals surface area contributed by atoms with Gasteiger partial charge in [0, 0.05) is 29.3 Å². The molecule has 0 bridgehead atoms. The smallest absolute Gasteiger partial charge is 0.253 e. The average molecular weight is 407 g/mol. The van der Waals surface area contributed by atoms with Crippen molar-refractivity contribution in [2.24, 2.45) is 0 Å². The van der Waals surface area contributed by atoms with Gasteiger partial charge in [0.15, 0.2) is 0 Å². The highest BCUT2D eigenvalue weighted by atomic mass is 16.1. The molecule has 0 saturated heterocycles. The zero-order valence-corrected chi connectivity index (χ0v) is 16.8. The van der Waals surface area contributed by atoms with Gasteiger partial charge in [0.1, 0.15) is 0 Å². The van der Waals surface area contributed by atoms with Gasteiger partial charge in [-0.05, 0) is 11.6 Å². The Morgan fingerprint density at radius 3 is 2.52 bits per heavy atom. The number of hydrogen-bond acceptors (Lipinski definition) is 3. The van der Waals surface area contributed by atoms with E-state index in [-0.39, 0.29) is 5.91 Å². The molecular formula is C25H21N5O. The first-order valence-corrected chi connectivity index (χ1v) is 10.1. The molecule has 3 aromatic carbocycles. The predicted molar refractivity (Wildman–Crippen MR) is 120 cm³/mol. The van der Waals surface area contributed by atoms with Crippen molar-refractivity contribution in [2.45, 2.75) is 13.1 Å². The molecule has 6 nitrogen and oxygen atoms in total. The highest BCUT2D eigenvalue weighted by Crippen LogP contribution is 2.23. The second kappa shape index (κ2) is 8.28. The summed E-state index contributed by atoms with van der Waals surface area (Å²) in [6.07, 6.45) is 3.72. The summed E-state index contributed by atoms with van der Waals surface area (Å²) in [6.45, 7) is 1.05. The highest BCUT2D eigenvalue weighted by molar-refractivity contribution is 6.05. The summed E-state index contributed by atoms with van der Waals surface area (Å²) in [7, 11) is 0. The SMILES string of the molecule is O=C(NCc1cn(Cc2ccccc2)nc1-c1ccccc1)c1cccc2cn[nH]c12. The summed E-state index contributed by atoms with van der Waals surface area (Å²) in [5.41, 5.74) is 5.35. The highest BCUT2D eigenvalue weighted by Gasteiger charge is 2.15. The molecule has 6 heteroatoms. The first kappa shape index (κ1) is 18.8. The van der Waals surface area contributed by atoms with E-state index in [9.17, 15) is 4.79 Å². The molecule has 0 spiro atoms. The van der Waals surface area contributed by atoms with Crippen molar-refractivity contribution >= 4 is 16.8 Å². The summed E-state index contributed by atoms with van der Waals surface area (Å²) in [6, 6.07) is 25.8. The number of para-hydroxylation sites is 1. The average Bonchev–Trinajstić information content (AvgIpc) is 3.45. The fourth-order valence-corrected chi connectivity index (χ4v) is 3.71. The molecule has 2 N–H and O–H groups in total. The van der Waals surface area contributed by atoms with Gasteiger partial charge in [-0.15, -0.1) is 0 Å². The molecule has 5 rings (SSSR count). The summed E-state index contributed by atoms with van der Waals surface area (Å²) < 4.78 is 1.93. The summed E-state index contributed by atoms with van der Waals surface area (Å²) in [5.74, 6) is -0.148. The molecule has 0 atom stereocenters. The van der Waals surface area contributed by atoms with Crippen LogP contribution in [0.5, 0.6) is 0 Å². The fraction of sp³-hybridized carbons (Fsp3) is 0.0800.